The summed E-state index contributed by atoms with van der Waals surface area (Å²) in [4.78, 5) is 22.3. The summed E-state index contributed by atoms with van der Waals surface area (Å²) in [6.45, 7) is 6.30. The number of hydrogen-bond acceptors (Lipinski definition) is 3. The Morgan fingerprint density at radius 1 is 0.864 bits per heavy atom. The molecule has 0 aliphatic rings. The van der Waals surface area contributed by atoms with Crippen LogP contribution in [-0.2, 0) is 14.3 Å². The van der Waals surface area contributed by atoms with Gasteiger partial charge in [-0.25, -0.2) is 0 Å². The van der Waals surface area contributed by atoms with Crippen molar-refractivity contribution in [2.24, 2.45) is 0 Å². The fourth-order valence-corrected chi connectivity index (χ4v) is 2.80. The van der Waals surface area contributed by atoms with Crippen molar-refractivity contribution >= 4 is 11.9 Å². The zero-order valence-electron chi connectivity index (χ0n) is 14.7. The van der Waals surface area contributed by atoms with Gasteiger partial charge in [0.05, 0.1) is 0 Å². The van der Waals surface area contributed by atoms with E-state index in [4.69, 9.17) is 9.84 Å². The topological polar surface area (TPSA) is 63.6 Å². The molecule has 0 aromatic heterocycles. The summed E-state index contributed by atoms with van der Waals surface area (Å²) in [7, 11) is 0. The van der Waals surface area contributed by atoms with E-state index in [0.29, 0.717) is 6.42 Å². The first kappa shape index (κ1) is 20.9. The number of hydrogen-bond donors (Lipinski definition) is 1. The Balaban J connectivity index is 3.74. The summed E-state index contributed by atoms with van der Waals surface area (Å²) >= 11 is 0. The first-order chi connectivity index (χ1) is 10.5. The number of carboxylic acids is 1. The quantitative estimate of drug-likeness (QED) is 0.358. The average molecular weight is 314 g/mol. The number of unbranched alkanes of at least 4 members (excludes halogenated alkanes) is 5. The van der Waals surface area contributed by atoms with Crippen LogP contribution in [0.1, 0.15) is 97.8 Å². The normalized spacial score (nSPS) is 11.4. The van der Waals surface area contributed by atoms with Gasteiger partial charge in [-0.3, -0.25) is 9.59 Å². The standard InChI is InChI=1S/C18H34O4/c1-4-15-18(5-2,6-3)22-17(21)14-12-10-8-7-9-11-13-16(19)20/h4-15H2,1-3H3,(H,19,20). The Morgan fingerprint density at radius 3 is 1.82 bits per heavy atom. The van der Waals surface area contributed by atoms with E-state index in [0.717, 1.165) is 64.2 Å². The lowest BCUT2D eigenvalue weighted by Gasteiger charge is -2.31. The Labute approximate surface area is 135 Å². The highest BCUT2D eigenvalue weighted by atomic mass is 16.6. The van der Waals surface area contributed by atoms with Crippen LogP contribution in [-0.4, -0.2) is 22.6 Å². The molecule has 0 bridgehead atoms. The summed E-state index contributed by atoms with van der Waals surface area (Å²) in [5.41, 5.74) is -0.261. The molecule has 22 heavy (non-hydrogen) atoms. The SMILES string of the molecule is CCCC(CC)(CC)OC(=O)CCCCCCCCC(=O)O. The molecule has 4 heteroatoms. The number of ether oxygens (including phenoxy) is 1. The second-order valence-corrected chi connectivity index (χ2v) is 6.13. The number of aliphatic carboxylic acids is 1. The molecule has 1 N–H and O–H groups in total. The molecule has 0 spiro atoms. The maximum atomic E-state index is 12.0. The van der Waals surface area contributed by atoms with Gasteiger partial charge in [0.15, 0.2) is 0 Å². The van der Waals surface area contributed by atoms with E-state index in [1.165, 1.54) is 0 Å². The summed E-state index contributed by atoms with van der Waals surface area (Å²) in [5.74, 6) is -0.784. The molecule has 0 fully saturated rings. The molecule has 0 aromatic rings. The highest BCUT2D eigenvalue weighted by Gasteiger charge is 2.29. The molecular formula is C18H34O4. The maximum absolute atomic E-state index is 12.0. The predicted molar refractivity (Wildman–Crippen MR) is 88.9 cm³/mol. The number of carboxylic acid groups (broad SMARTS) is 1. The van der Waals surface area contributed by atoms with Gasteiger partial charge in [-0.15, -0.1) is 0 Å². The van der Waals surface area contributed by atoms with Crippen molar-refractivity contribution in [3.63, 3.8) is 0 Å². The van der Waals surface area contributed by atoms with Crippen molar-refractivity contribution in [2.45, 2.75) is 103 Å². The van der Waals surface area contributed by atoms with Gasteiger partial charge < -0.3 is 9.84 Å². The number of rotatable bonds is 14. The molecule has 0 heterocycles. The zero-order valence-corrected chi connectivity index (χ0v) is 14.7. The second-order valence-electron chi connectivity index (χ2n) is 6.13. The van der Waals surface area contributed by atoms with E-state index in [-0.39, 0.29) is 18.0 Å². The molecule has 0 rings (SSSR count). The van der Waals surface area contributed by atoms with E-state index in [1.54, 1.807) is 0 Å². The predicted octanol–water partition coefficient (Wildman–Crippen LogP) is 5.09. The molecule has 0 atom stereocenters. The third kappa shape index (κ3) is 9.80. The number of carbonyl (C=O) groups is 2. The summed E-state index contributed by atoms with van der Waals surface area (Å²) in [6.07, 6.45) is 10.2. The number of carbonyl (C=O) groups excluding carboxylic acids is 1. The summed E-state index contributed by atoms with van der Waals surface area (Å²) < 4.78 is 5.74. The lowest BCUT2D eigenvalue weighted by Crippen LogP contribution is -2.33. The summed E-state index contributed by atoms with van der Waals surface area (Å²) in [5, 5.41) is 8.54. The average Bonchev–Trinajstić information content (AvgIpc) is 2.49. The van der Waals surface area contributed by atoms with Crippen LogP contribution in [0.25, 0.3) is 0 Å². The van der Waals surface area contributed by atoms with Gasteiger partial charge >= 0.3 is 11.9 Å². The number of esters is 1. The first-order valence-electron chi connectivity index (χ1n) is 8.93. The van der Waals surface area contributed by atoms with Crippen LogP contribution in [0.4, 0.5) is 0 Å². The van der Waals surface area contributed by atoms with Gasteiger partial charge in [-0.1, -0.05) is 52.9 Å². The van der Waals surface area contributed by atoms with Crippen LogP contribution < -0.4 is 0 Å². The van der Waals surface area contributed by atoms with Gasteiger partial charge in [-0.05, 0) is 32.1 Å². The molecule has 0 saturated heterocycles. The summed E-state index contributed by atoms with van der Waals surface area (Å²) in [6, 6.07) is 0. The Morgan fingerprint density at radius 2 is 1.36 bits per heavy atom. The van der Waals surface area contributed by atoms with Crippen molar-refractivity contribution in [3.05, 3.63) is 0 Å². The molecular weight excluding hydrogens is 280 g/mol. The molecule has 0 aliphatic heterocycles. The van der Waals surface area contributed by atoms with Gasteiger partial charge in [0.2, 0.25) is 0 Å². The van der Waals surface area contributed by atoms with E-state index in [9.17, 15) is 9.59 Å². The third-order valence-electron chi connectivity index (χ3n) is 4.35. The van der Waals surface area contributed by atoms with Gasteiger partial charge in [0.1, 0.15) is 5.60 Å². The van der Waals surface area contributed by atoms with Crippen LogP contribution in [0.2, 0.25) is 0 Å². The van der Waals surface area contributed by atoms with Gasteiger partial charge in [-0.2, -0.15) is 0 Å². The molecule has 0 saturated carbocycles. The molecule has 0 aliphatic carbocycles. The fourth-order valence-electron chi connectivity index (χ4n) is 2.80. The Bertz CT molecular complexity index is 308. The van der Waals surface area contributed by atoms with E-state index >= 15 is 0 Å². The minimum Gasteiger partial charge on any atom is -0.481 e. The molecule has 4 nitrogen and oxygen atoms in total. The van der Waals surface area contributed by atoms with Crippen LogP contribution in [0.3, 0.4) is 0 Å². The van der Waals surface area contributed by atoms with Gasteiger partial charge in [0.25, 0.3) is 0 Å². The third-order valence-corrected chi connectivity index (χ3v) is 4.35. The molecule has 0 unspecified atom stereocenters. The van der Waals surface area contributed by atoms with Gasteiger partial charge in [0, 0.05) is 12.8 Å². The molecule has 0 amide bonds. The van der Waals surface area contributed by atoms with E-state index < -0.39 is 5.97 Å². The van der Waals surface area contributed by atoms with Crippen molar-refractivity contribution in [1.82, 2.24) is 0 Å². The molecule has 130 valence electrons. The Kier molecular flexibility index (Phi) is 11.9. The maximum Gasteiger partial charge on any atom is 0.306 e. The first-order valence-corrected chi connectivity index (χ1v) is 8.93. The highest BCUT2D eigenvalue weighted by molar-refractivity contribution is 5.69. The fraction of sp³-hybridized carbons (Fsp3) is 0.889. The van der Waals surface area contributed by atoms with Crippen molar-refractivity contribution < 1.29 is 19.4 Å². The largest absolute Gasteiger partial charge is 0.481 e. The van der Waals surface area contributed by atoms with Crippen molar-refractivity contribution in [3.8, 4) is 0 Å². The second kappa shape index (κ2) is 12.5. The molecule has 0 aromatic carbocycles. The lowest BCUT2D eigenvalue weighted by atomic mass is 9.91. The molecule has 0 radical (unpaired) electrons. The van der Waals surface area contributed by atoms with Crippen molar-refractivity contribution in [1.29, 1.82) is 0 Å². The van der Waals surface area contributed by atoms with Crippen LogP contribution in [0, 0.1) is 0 Å². The minimum absolute atomic E-state index is 0.0666. The highest BCUT2D eigenvalue weighted by Crippen LogP contribution is 2.27. The van der Waals surface area contributed by atoms with Crippen LogP contribution in [0.5, 0.6) is 0 Å². The Hall–Kier alpha value is -1.06. The van der Waals surface area contributed by atoms with Crippen LogP contribution in [0.15, 0.2) is 0 Å². The monoisotopic (exact) mass is 314 g/mol. The zero-order chi connectivity index (χ0) is 16.8. The smallest absolute Gasteiger partial charge is 0.306 e. The van der Waals surface area contributed by atoms with E-state index in [1.807, 2.05) is 0 Å². The van der Waals surface area contributed by atoms with Crippen molar-refractivity contribution in [2.75, 3.05) is 0 Å². The van der Waals surface area contributed by atoms with E-state index in [2.05, 4.69) is 20.8 Å². The lowest BCUT2D eigenvalue weighted by molar-refractivity contribution is -0.161. The minimum atomic E-state index is -0.717. The van der Waals surface area contributed by atoms with Crippen LogP contribution >= 0.6 is 0 Å².